The maximum absolute atomic E-state index is 11.1. The quantitative estimate of drug-likeness (QED) is 0.777. The molecule has 1 atom stereocenters. The van der Waals surface area contributed by atoms with Crippen LogP contribution in [0, 0.1) is 0 Å². The van der Waals surface area contributed by atoms with Crippen LogP contribution < -0.4 is 16.4 Å². The molecule has 2 aliphatic rings. The van der Waals surface area contributed by atoms with Crippen molar-refractivity contribution in [2.45, 2.75) is 31.6 Å². The first-order valence-corrected chi connectivity index (χ1v) is 8.56. The predicted molar refractivity (Wildman–Crippen MR) is 95.9 cm³/mol. The van der Waals surface area contributed by atoms with E-state index < -0.39 is 5.97 Å². The minimum Gasteiger partial charge on any atom is -0.478 e. The number of carboxylic acids is 1. The second-order valence-electron chi connectivity index (χ2n) is 6.74. The van der Waals surface area contributed by atoms with Crippen LogP contribution in [0.3, 0.4) is 0 Å². The van der Waals surface area contributed by atoms with E-state index in [0.29, 0.717) is 17.3 Å². The molecule has 1 aromatic heterocycles. The molecule has 4 rings (SSSR count). The van der Waals surface area contributed by atoms with Gasteiger partial charge < -0.3 is 21.5 Å². The minimum atomic E-state index is -0.876. The average Bonchev–Trinajstić information content (AvgIpc) is 3.16. The van der Waals surface area contributed by atoms with Gasteiger partial charge in [0.2, 0.25) is 5.95 Å². The first-order chi connectivity index (χ1) is 12.0. The van der Waals surface area contributed by atoms with Gasteiger partial charge in [0, 0.05) is 24.3 Å². The number of aromatic carboxylic acids is 1. The number of aromatic nitrogens is 2. The number of nitrogens with two attached hydrogens (primary N) is 2. The van der Waals surface area contributed by atoms with E-state index in [2.05, 4.69) is 14.9 Å². The van der Waals surface area contributed by atoms with Gasteiger partial charge in [-0.2, -0.15) is 4.98 Å². The molecule has 7 heteroatoms. The smallest absolute Gasteiger partial charge is 0.335 e. The summed E-state index contributed by atoms with van der Waals surface area (Å²) in [7, 11) is 0. The van der Waals surface area contributed by atoms with Crippen molar-refractivity contribution < 1.29 is 9.90 Å². The molecule has 0 saturated carbocycles. The number of rotatable bonds is 4. The van der Waals surface area contributed by atoms with E-state index in [4.69, 9.17) is 16.6 Å². The molecule has 0 radical (unpaired) electrons. The van der Waals surface area contributed by atoms with Gasteiger partial charge in [0.05, 0.1) is 11.3 Å². The fraction of sp³-hybridized carbons (Fsp3) is 0.389. The average molecular weight is 339 g/mol. The largest absolute Gasteiger partial charge is 0.478 e. The predicted octanol–water partition coefficient (Wildman–Crippen LogP) is 1.82. The lowest BCUT2D eigenvalue weighted by molar-refractivity contribution is 0.0697. The molecule has 1 aromatic carbocycles. The normalized spacial score (nSPS) is 18.2. The summed E-state index contributed by atoms with van der Waals surface area (Å²) in [6.07, 6.45) is 3.79. The van der Waals surface area contributed by atoms with Crippen LogP contribution in [0.25, 0.3) is 0 Å². The van der Waals surface area contributed by atoms with E-state index in [0.717, 1.165) is 61.3 Å². The molecular formula is C18H21N5O2. The van der Waals surface area contributed by atoms with Crippen LogP contribution in [0.15, 0.2) is 18.2 Å². The van der Waals surface area contributed by atoms with E-state index in [-0.39, 0.29) is 5.95 Å². The van der Waals surface area contributed by atoms with Crippen LogP contribution in [-0.2, 0) is 12.8 Å². The number of nitrogens with zero attached hydrogens (tertiary/aromatic N) is 3. The molecule has 7 nitrogen and oxygen atoms in total. The van der Waals surface area contributed by atoms with Crippen molar-refractivity contribution in [1.82, 2.24) is 9.97 Å². The topological polar surface area (TPSA) is 118 Å². The summed E-state index contributed by atoms with van der Waals surface area (Å²) in [4.78, 5) is 21.9. The Hall–Kier alpha value is -2.83. The zero-order chi connectivity index (χ0) is 17.6. The van der Waals surface area contributed by atoms with E-state index in [1.54, 1.807) is 12.1 Å². The number of aryl methyl sites for hydroxylation is 1. The minimum absolute atomic E-state index is 0.250. The van der Waals surface area contributed by atoms with Gasteiger partial charge in [-0.25, -0.2) is 9.78 Å². The number of carbonyl (C=O) groups is 1. The van der Waals surface area contributed by atoms with E-state index in [9.17, 15) is 4.79 Å². The first-order valence-electron chi connectivity index (χ1n) is 8.56. The lowest BCUT2D eigenvalue weighted by atomic mass is 9.99. The van der Waals surface area contributed by atoms with Crippen LogP contribution in [0.2, 0.25) is 0 Å². The van der Waals surface area contributed by atoms with E-state index in [1.165, 1.54) is 0 Å². The second kappa shape index (κ2) is 5.91. The lowest BCUT2D eigenvalue weighted by Crippen LogP contribution is -2.23. The summed E-state index contributed by atoms with van der Waals surface area (Å²) < 4.78 is 0. The summed E-state index contributed by atoms with van der Waals surface area (Å²) in [5.74, 6) is 0.244. The maximum Gasteiger partial charge on any atom is 0.335 e. The molecule has 1 unspecified atom stereocenters. The Morgan fingerprint density at radius 1 is 1.28 bits per heavy atom. The Morgan fingerprint density at radius 2 is 2.12 bits per heavy atom. The lowest BCUT2D eigenvalue weighted by Gasteiger charge is -2.22. The fourth-order valence-electron chi connectivity index (χ4n) is 4.08. The third-order valence-corrected chi connectivity index (χ3v) is 5.27. The van der Waals surface area contributed by atoms with Gasteiger partial charge in [0.15, 0.2) is 0 Å². The molecule has 0 amide bonds. The summed E-state index contributed by atoms with van der Waals surface area (Å²) in [6.45, 7) is 1.83. The molecule has 1 aliphatic heterocycles. The first kappa shape index (κ1) is 15.7. The van der Waals surface area contributed by atoms with Crippen LogP contribution in [0.4, 0.5) is 17.5 Å². The SMILES string of the molecule is Nc1nc(N)c2c(n1)CCC2CCN1CCc2cc(C(=O)O)ccc21. The van der Waals surface area contributed by atoms with Crippen molar-refractivity contribution in [2.24, 2.45) is 0 Å². The molecule has 0 bridgehead atoms. The number of anilines is 3. The molecular weight excluding hydrogens is 318 g/mol. The molecule has 5 N–H and O–H groups in total. The Kier molecular flexibility index (Phi) is 3.71. The van der Waals surface area contributed by atoms with Crippen LogP contribution >= 0.6 is 0 Å². The van der Waals surface area contributed by atoms with Crippen LogP contribution in [0.5, 0.6) is 0 Å². The van der Waals surface area contributed by atoms with E-state index >= 15 is 0 Å². The third kappa shape index (κ3) is 2.75. The van der Waals surface area contributed by atoms with Crippen molar-refractivity contribution in [3.63, 3.8) is 0 Å². The molecule has 0 fully saturated rings. The summed E-state index contributed by atoms with van der Waals surface area (Å²) in [5.41, 5.74) is 16.4. The van der Waals surface area contributed by atoms with Crippen molar-refractivity contribution >= 4 is 23.4 Å². The molecule has 0 saturated heterocycles. The monoisotopic (exact) mass is 339 g/mol. The summed E-state index contributed by atoms with van der Waals surface area (Å²) in [6, 6.07) is 5.39. The van der Waals surface area contributed by atoms with Gasteiger partial charge in [0.25, 0.3) is 0 Å². The number of carboxylic acid groups (broad SMARTS) is 1. The maximum atomic E-state index is 11.1. The third-order valence-electron chi connectivity index (χ3n) is 5.27. The highest BCUT2D eigenvalue weighted by molar-refractivity contribution is 5.88. The standard InChI is InChI=1S/C18H21N5O2/c19-16-15-10(1-3-13(15)21-18(20)22-16)5-7-23-8-6-11-9-12(17(24)25)2-4-14(11)23/h2,4,9-10H,1,3,5-8H2,(H,24,25)(H4,19,20,21,22). The number of hydrogen-bond donors (Lipinski definition) is 3. The molecule has 2 aromatic rings. The molecule has 25 heavy (non-hydrogen) atoms. The highest BCUT2D eigenvalue weighted by Gasteiger charge is 2.29. The van der Waals surface area contributed by atoms with Crippen molar-refractivity contribution in [3.8, 4) is 0 Å². The van der Waals surface area contributed by atoms with Gasteiger partial charge >= 0.3 is 5.97 Å². The number of nitrogen functional groups attached to an aromatic ring is 2. The van der Waals surface area contributed by atoms with Crippen LogP contribution in [-0.4, -0.2) is 34.1 Å². The van der Waals surface area contributed by atoms with E-state index in [1.807, 2.05) is 6.07 Å². The van der Waals surface area contributed by atoms with Crippen molar-refractivity contribution in [2.75, 3.05) is 29.5 Å². The Balaban J connectivity index is 1.48. The molecule has 0 spiro atoms. The summed E-state index contributed by atoms with van der Waals surface area (Å²) >= 11 is 0. The summed E-state index contributed by atoms with van der Waals surface area (Å²) in [5, 5.41) is 9.12. The number of benzene rings is 1. The van der Waals surface area contributed by atoms with Gasteiger partial charge in [0.1, 0.15) is 5.82 Å². The highest BCUT2D eigenvalue weighted by Crippen LogP contribution is 2.39. The number of hydrogen-bond acceptors (Lipinski definition) is 6. The van der Waals surface area contributed by atoms with Crippen LogP contribution in [0.1, 0.15) is 45.9 Å². The van der Waals surface area contributed by atoms with Gasteiger partial charge in [-0.15, -0.1) is 0 Å². The molecule has 130 valence electrons. The second-order valence-corrected chi connectivity index (χ2v) is 6.74. The highest BCUT2D eigenvalue weighted by atomic mass is 16.4. The zero-order valence-electron chi connectivity index (χ0n) is 13.9. The van der Waals surface area contributed by atoms with Crippen molar-refractivity contribution in [1.29, 1.82) is 0 Å². The number of fused-ring (bicyclic) bond motifs is 2. The van der Waals surface area contributed by atoms with Gasteiger partial charge in [-0.3, -0.25) is 0 Å². The van der Waals surface area contributed by atoms with Gasteiger partial charge in [-0.1, -0.05) is 0 Å². The van der Waals surface area contributed by atoms with Gasteiger partial charge in [-0.05, 0) is 55.4 Å². The Labute approximate surface area is 145 Å². The Bertz CT molecular complexity index is 852. The fourth-order valence-corrected chi connectivity index (χ4v) is 4.08. The molecule has 2 heterocycles. The zero-order valence-corrected chi connectivity index (χ0v) is 13.9. The molecule has 1 aliphatic carbocycles. The Morgan fingerprint density at radius 3 is 2.92 bits per heavy atom. The van der Waals surface area contributed by atoms with Crippen molar-refractivity contribution in [3.05, 3.63) is 40.6 Å².